The van der Waals surface area contributed by atoms with E-state index in [-0.39, 0.29) is 12.5 Å². The van der Waals surface area contributed by atoms with Gasteiger partial charge in [-0.2, -0.15) is 5.26 Å². The number of nitrogens with one attached hydrogen (secondary N) is 1. The quantitative estimate of drug-likeness (QED) is 0.914. The van der Waals surface area contributed by atoms with Crippen LogP contribution in [0.5, 0.6) is 0 Å². The number of para-hydroxylation sites is 1. The van der Waals surface area contributed by atoms with E-state index >= 15 is 0 Å². The molecule has 1 heterocycles. The molecule has 4 nitrogen and oxygen atoms in total. The highest BCUT2D eigenvalue weighted by atomic mass is 16.1. The first-order valence-corrected chi connectivity index (χ1v) is 6.03. The largest absolute Gasteiger partial charge is 0.340 e. The van der Waals surface area contributed by atoms with Crippen molar-refractivity contribution in [3.05, 3.63) is 53.3 Å². The van der Waals surface area contributed by atoms with Crippen molar-refractivity contribution in [1.82, 2.24) is 4.57 Å². The molecule has 0 aliphatic rings. The van der Waals surface area contributed by atoms with Crippen LogP contribution in [-0.2, 0) is 11.3 Å². The second-order valence-electron chi connectivity index (χ2n) is 4.41. The van der Waals surface area contributed by atoms with Crippen LogP contribution >= 0.6 is 0 Å². The lowest BCUT2D eigenvalue weighted by Gasteiger charge is -2.10. The van der Waals surface area contributed by atoms with Crippen molar-refractivity contribution in [2.75, 3.05) is 5.32 Å². The van der Waals surface area contributed by atoms with Crippen molar-refractivity contribution in [2.45, 2.75) is 20.4 Å². The second-order valence-corrected chi connectivity index (χ2v) is 4.41. The number of aromatic nitrogens is 1. The minimum atomic E-state index is -0.134. The molecule has 0 aliphatic carbocycles. The molecule has 0 unspecified atom stereocenters. The van der Waals surface area contributed by atoms with Gasteiger partial charge in [0.1, 0.15) is 12.6 Å². The molecule has 96 valence electrons. The molecule has 1 amide bonds. The van der Waals surface area contributed by atoms with Crippen molar-refractivity contribution in [3.8, 4) is 6.07 Å². The molecule has 0 saturated heterocycles. The summed E-state index contributed by atoms with van der Waals surface area (Å²) in [5.74, 6) is -0.134. The van der Waals surface area contributed by atoms with Crippen LogP contribution in [0, 0.1) is 25.2 Å². The monoisotopic (exact) mass is 253 g/mol. The van der Waals surface area contributed by atoms with Gasteiger partial charge < -0.3 is 9.88 Å². The highest BCUT2D eigenvalue weighted by Gasteiger charge is 2.09. The van der Waals surface area contributed by atoms with Gasteiger partial charge in [-0.05, 0) is 38.1 Å². The molecule has 1 aromatic heterocycles. The third-order valence-corrected chi connectivity index (χ3v) is 3.04. The molecule has 19 heavy (non-hydrogen) atoms. The Morgan fingerprint density at radius 3 is 2.47 bits per heavy atom. The number of nitrogens with zero attached hydrogens (tertiary/aromatic N) is 2. The molecular weight excluding hydrogens is 238 g/mol. The fraction of sp³-hybridized carbons (Fsp3) is 0.200. The molecule has 0 saturated carbocycles. The summed E-state index contributed by atoms with van der Waals surface area (Å²) in [6.07, 6.45) is 0. The first-order chi connectivity index (χ1) is 9.11. The lowest BCUT2D eigenvalue weighted by molar-refractivity contribution is -0.116. The molecular formula is C15H15N3O. The van der Waals surface area contributed by atoms with Gasteiger partial charge in [0.2, 0.25) is 5.91 Å². The van der Waals surface area contributed by atoms with E-state index in [0.717, 1.165) is 11.4 Å². The summed E-state index contributed by atoms with van der Waals surface area (Å²) in [7, 11) is 0. The summed E-state index contributed by atoms with van der Waals surface area (Å²) >= 11 is 0. The topological polar surface area (TPSA) is 57.8 Å². The van der Waals surface area contributed by atoms with E-state index in [0.29, 0.717) is 11.3 Å². The molecule has 2 rings (SSSR count). The van der Waals surface area contributed by atoms with Crippen molar-refractivity contribution >= 4 is 11.6 Å². The van der Waals surface area contributed by atoms with E-state index in [2.05, 4.69) is 11.4 Å². The number of benzene rings is 1. The third-order valence-electron chi connectivity index (χ3n) is 3.04. The molecule has 1 aromatic carbocycles. The van der Waals surface area contributed by atoms with Gasteiger partial charge in [-0.3, -0.25) is 4.79 Å². The number of anilines is 1. The van der Waals surface area contributed by atoms with Gasteiger partial charge in [0.25, 0.3) is 0 Å². The Morgan fingerprint density at radius 2 is 1.84 bits per heavy atom. The smallest absolute Gasteiger partial charge is 0.244 e. The maximum atomic E-state index is 12.0. The van der Waals surface area contributed by atoms with Crippen LogP contribution in [0.3, 0.4) is 0 Å². The Kier molecular flexibility index (Phi) is 3.67. The predicted molar refractivity (Wildman–Crippen MR) is 73.7 cm³/mol. The van der Waals surface area contributed by atoms with Crippen LogP contribution in [0.4, 0.5) is 5.69 Å². The number of hydrogen-bond acceptors (Lipinski definition) is 2. The van der Waals surface area contributed by atoms with Crippen LogP contribution in [0.25, 0.3) is 0 Å². The maximum absolute atomic E-state index is 12.0. The Morgan fingerprint density at radius 1 is 1.21 bits per heavy atom. The Hall–Kier alpha value is -2.54. The molecule has 2 aromatic rings. The first-order valence-electron chi connectivity index (χ1n) is 6.03. The fourth-order valence-electron chi connectivity index (χ4n) is 1.97. The number of nitriles is 1. The number of amides is 1. The van der Waals surface area contributed by atoms with E-state index in [1.165, 1.54) is 0 Å². The normalized spacial score (nSPS) is 9.95. The summed E-state index contributed by atoms with van der Waals surface area (Å²) in [5.41, 5.74) is 3.11. The minimum Gasteiger partial charge on any atom is -0.340 e. The number of carbonyl (C=O) groups excluding carboxylic acids is 1. The summed E-state index contributed by atoms with van der Waals surface area (Å²) in [6.45, 7) is 4.18. The van der Waals surface area contributed by atoms with Gasteiger partial charge >= 0.3 is 0 Å². The number of hydrogen-bond donors (Lipinski definition) is 1. The average Bonchev–Trinajstić information content (AvgIpc) is 2.71. The number of aryl methyl sites for hydroxylation is 2. The SMILES string of the molecule is Cc1ccc(C)n1CC(=O)Nc1ccccc1C#N. The zero-order valence-electron chi connectivity index (χ0n) is 11.0. The van der Waals surface area contributed by atoms with Gasteiger partial charge in [0.05, 0.1) is 11.3 Å². The maximum Gasteiger partial charge on any atom is 0.244 e. The predicted octanol–water partition coefficient (Wildman–Crippen LogP) is 2.62. The van der Waals surface area contributed by atoms with E-state index in [4.69, 9.17) is 5.26 Å². The highest BCUT2D eigenvalue weighted by Crippen LogP contribution is 2.14. The van der Waals surface area contributed by atoms with Gasteiger partial charge in [0.15, 0.2) is 0 Å². The molecule has 0 fully saturated rings. The Labute approximate surface area is 112 Å². The molecule has 0 aliphatic heterocycles. The van der Waals surface area contributed by atoms with Crippen molar-refractivity contribution in [1.29, 1.82) is 5.26 Å². The molecule has 0 atom stereocenters. The van der Waals surface area contributed by atoms with Gasteiger partial charge in [-0.25, -0.2) is 0 Å². The van der Waals surface area contributed by atoms with Gasteiger partial charge in [-0.1, -0.05) is 12.1 Å². The summed E-state index contributed by atoms with van der Waals surface area (Å²) in [5, 5.41) is 11.7. The summed E-state index contributed by atoms with van der Waals surface area (Å²) in [4.78, 5) is 12.0. The van der Waals surface area contributed by atoms with Crippen molar-refractivity contribution < 1.29 is 4.79 Å². The highest BCUT2D eigenvalue weighted by molar-refractivity contribution is 5.92. The number of carbonyl (C=O) groups is 1. The van der Waals surface area contributed by atoms with Crippen LogP contribution in [0.1, 0.15) is 17.0 Å². The standard InChI is InChI=1S/C15H15N3O/c1-11-7-8-12(2)18(11)10-15(19)17-14-6-4-3-5-13(14)9-16/h3-8H,10H2,1-2H3,(H,17,19). The fourth-order valence-corrected chi connectivity index (χ4v) is 1.97. The van der Waals surface area contributed by atoms with Gasteiger partial charge in [0, 0.05) is 11.4 Å². The zero-order chi connectivity index (χ0) is 13.8. The zero-order valence-corrected chi connectivity index (χ0v) is 11.0. The molecule has 0 spiro atoms. The molecule has 1 N–H and O–H groups in total. The lowest BCUT2D eigenvalue weighted by Crippen LogP contribution is -2.20. The van der Waals surface area contributed by atoms with Crippen molar-refractivity contribution in [3.63, 3.8) is 0 Å². The van der Waals surface area contributed by atoms with Crippen LogP contribution < -0.4 is 5.32 Å². The third kappa shape index (κ3) is 2.83. The van der Waals surface area contributed by atoms with Crippen LogP contribution in [0.15, 0.2) is 36.4 Å². The molecule has 0 bridgehead atoms. The van der Waals surface area contributed by atoms with Crippen LogP contribution in [0.2, 0.25) is 0 Å². The molecule has 4 heteroatoms. The van der Waals surface area contributed by atoms with E-state index in [1.807, 2.05) is 30.5 Å². The van der Waals surface area contributed by atoms with E-state index in [1.54, 1.807) is 24.3 Å². The second kappa shape index (κ2) is 5.40. The van der Waals surface area contributed by atoms with Crippen LogP contribution in [-0.4, -0.2) is 10.5 Å². The van der Waals surface area contributed by atoms with E-state index in [9.17, 15) is 4.79 Å². The minimum absolute atomic E-state index is 0.134. The van der Waals surface area contributed by atoms with Gasteiger partial charge in [-0.15, -0.1) is 0 Å². The Balaban J connectivity index is 2.13. The lowest BCUT2D eigenvalue weighted by atomic mass is 10.2. The summed E-state index contributed by atoms with van der Waals surface area (Å²) in [6, 6.07) is 13.0. The molecule has 0 radical (unpaired) electrons. The first kappa shape index (κ1) is 12.9. The Bertz CT molecular complexity index is 630. The van der Waals surface area contributed by atoms with Crippen molar-refractivity contribution in [2.24, 2.45) is 0 Å². The average molecular weight is 253 g/mol. The number of rotatable bonds is 3. The summed E-state index contributed by atoms with van der Waals surface area (Å²) < 4.78 is 1.93. The van der Waals surface area contributed by atoms with E-state index < -0.39 is 0 Å².